The van der Waals surface area contributed by atoms with Gasteiger partial charge in [-0.3, -0.25) is 0 Å². The van der Waals surface area contributed by atoms with E-state index in [4.69, 9.17) is 0 Å². The average Bonchev–Trinajstić information content (AvgIpc) is 2.46. The molecular weight excluding hydrogens is 310 g/mol. The molecule has 0 amide bonds. The van der Waals surface area contributed by atoms with E-state index in [0.717, 1.165) is 17.4 Å². The van der Waals surface area contributed by atoms with E-state index in [1.54, 1.807) is 0 Å². The van der Waals surface area contributed by atoms with Gasteiger partial charge in [0.15, 0.2) is 0 Å². The number of rotatable bonds is 6. The predicted octanol–water partition coefficient (Wildman–Crippen LogP) is 4.77. The number of nitrogens with one attached hydrogen (secondary N) is 1. The van der Waals surface area contributed by atoms with Crippen LogP contribution in [0.2, 0.25) is 0 Å². The Labute approximate surface area is 130 Å². The van der Waals surface area contributed by atoms with Gasteiger partial charge in [-0.2, -0.15) is 0 Å². The lowest BCUT2D eigenvalue weighted by atomic mass is 9.92. The van der Waals surface area contributed by atoms with Crippen LogP contribution in [0, 0.1) is 0 Å². The van der Waals surface area contributed by atoms with E-state index in [0.29, 0.717) is 12.0 Å². The number of benzene rings is 2. The molecule has 0 saturated heterocycles. The Morgan fingerprint density at radius 1 is 0.950 bits per heavy atom. The molecule has 0 heterocycles. The summed E-state index contributed by atoms with van der Waals surface area (Å²) in [4.78, 5) is 0. The van der Waals surface area contributed by atoms with Crippen LogP contribution in [0.3, 0.4) is 0 Å². The molecule has 2 aromatic rings. The Hall–Kier alpha value is -1.12. The summed E-state index contributed by atoms with van der Waals surface area (Å²) in [5.41, 5.74) is 2.79. The number of hydrogen-bond donors (Lipinski definition) is 1. The lowest BCUT2D eigenvalue weighted by Gasteiger charge is -2.20. The summed E-state index contributed by atoms with van der Waals surface area (Å²) in [6, 6.07) is 19.9. The van der Waals surface area contributed by atoms with E-state index >= 15 is 0 Å². The molecule has 20 heavy (non-hydrogen) atoms. The zero-order chi connectivity index (χ0) is 14.4. The highest BCUT2D eigenvalue weighted by molar-refractivity contribution is 9.10. The van der Waals surface area contributed by atoms with Gasteiger partial charge in [-0.25, -0.2) is 0 Å². The van der Waals surface area contributed by atoms with Gasteiger partial charge in [-0.1, -0.05) is 72.2 Å². The first-order chi connectivity index (χ1) is 9.65. The topological polar surface area (TPSA) is 12.0 Å². The minimum atomic E-state index is 0.514. The van der Waals surface area contributed by atoms with Crippen LogP contribution in [0.25, 0.3) is 0 Å². The van der Waals surface area contributed by atoms with Gasteiger partial charge in [0.1, 0.15) is 0 Å². The summed E-state index contributed by atoms with van der Waals surface area (Å²) in [5.74, 6) is 0.514. The highest BCUT2D eigenvalue weighted by Gasteiger charge is 2.12. The summed E-state index contributed by atoms with van der Waals surface area (Å²) in [5, 5.41) is 3.57. The molecule has 0 fully saturated rings. The van der Waals surface area contributed by atoms with Gasteiger partial charge in [-0.15, -0.1) is 0 Å². The Balaban J connectivity index is 2.12. The molecule has 1 N–H and O–H groups in total. The molecule has 1 nitrogen and oxygen atoms in total. The quantitative estimate of drug-likeness (QED) is 0.803. The highest BCUT2D eigenvalue weighted by atomic mass is 79.9. The molecule has 106 valence electrons. The van der Waals surface area contributed by atoms with E-state index in [1.807, 2.05) is 0 Å². The van der Waals surface area contributed by atoms with Gasteiger partial charge in [0, 0.05) is 23.0 Å². The Bertz CT molecular complexity index is 505. The van der Waals surface area contributed by atoms with Crippen LogP contribution >= 0.6 is 15.9 Å². The molecule has 0 saturated carbocycles. The second-order valence-corrected chi connectivity index (χ2v) is 6.42. The fourth-order valence-corrected chi connectivity index (χ4v) is 2.58. The minimum Gasteiger partial charge on any atom is -0.314 e. The number of halogens is 1. The molecule has 0 aliphatic heterocycles. The van der Waals surface area contributed by atoms with E-state index in [2.05, 4.69) is 89.7 Å². The summed E-state index contributed by atoms with van der Waals surface area (Å²) >= 11 is 3.49. The van der Waals surface area contributed by atoms with Crippen LogP contribution in [0.15, 0.2) is 59.1 Å². The molecule has 2 heteroatoms. The maximum absolute atomic E-state index is 3.57. The zero-order valence-corrected chi connectivity index (χ0v) is 13.7. The van der Waals surface area contributed by atoms with Crippen molar-refractivity contribution in [2.24, 2.45) is 0 Å². The van der Waals surface area contributed by atoms with Crippen LogP contribution in [0.5, 0.6) is 0 Å². The first-order valence-electron chi connectivity index (χ1n) is 7.18. The first kappa shape index (κ1) is 15.3. The van der Waals surface area contributed by atoms with E-state index in [1.165, 1.54) is 11.1 Å². The van der Waals surface area contributed by atoms with Crippen LogP contribution in [-0.4, -0.2) is 12.6 Å². The SMILES string of the molecule is CC(C)NCC(Cc1ccc(Br)cc1)c1ccccc1. The van der Waals surface area contributed by atoms with Gasteiger partial charge in [0.25, 0.3) is 0 Å². The Kier molecular flexibility index (Phi) is 5.81. The van der Waals surface area contributed by atoms with Crippen molar-refractivity contribution in [3.05, 3.63) is 70.2 Å². The normalized spacial score (nSPS) is 12.6. The van der Waals surface area contributed by atoms with Crippen molar-refractivity contribution in [3.8, 4) is 0 Å². The molecule has 0 bridgehead atoms. The molecule has 2 aromatic carbocycles. The Morgan fingerprint density at radius 3 is 2.20 bits per heavy atom. The molecule has 0 aliphatic carbocycles. The molecule has 1 atom stereocenters. The minimum absolute atomic E-state index is 0.514. The standard InChI is InChI=1S/C18H22BrN/c1-14(2)20-13-17(16-6-4-3-5-7-16)12-15-8-10-18(19)11-9-15/h3-11,14,17,20H,12-13H2,1-2H3. The maximum atomic E-state index is 3.57. The second kappa shape index (κ2) is 7.61. The fraction of sp³-hybridized carbons (Fsp3) is 0.333. The van der Waals surface area contributed by atoms with Crippen molar-refractivity contribution >= 4 is 15.9 Å². The fourth-order valence-electron chi connectivity index (χ4n) is 2.32. The van der Waals surface area contributed by atoms with Gasteiger partial charge in [-0.05, 0) is 29.7 Å². The second-order valence-electron chi connectivity index (χ2n) is 5.50. The highest BCUT2D eigenvalue weighted by Crippen LogP contribution is 2.21. The smallest absolute Gasteiger partial charge is 0.0175 e. The number of hydrogen-bond acceptors (Lipinski definition) is 1. The summed E-state index contributed by atoms with van der Waals surface area (Å²) in [7, 11) is 0. The Morgan fingerprint density at radius 2 is 1.60 bits per heavy atom. The summed E-state index contributed by atoms with van der Waals surface area (Å²) < 4.78 is 1.14. The molecule has 0 aromatic heterocycles. The summed E-state index contributed by atoms with van der Waals surface area (Å²) in [6.45, 7) is 5.40. The zero-order valence-electron chi connectivity index (χ0n) is 12.1. The maximum Gasteiger partial charge on any atom is 0.0175 e. The van der Waals surface area contributed by atoms with Gasteiger partial charge < -0.3 is 5.32 Å². The van der Waals surface area contributed by atoms with Crippen LogP contribution < -0.4 is 5.32 Å². The van der Waals surface area contributed by atoms with Crippen molar-refractivity contribution in [2.75, 3.05) is 6.54 Å². The molecule has 0 radical (unpaired) electrons. The summed E-state index contributed by atoms with van der Waals surface area (Å²) in [6.07, 6.45) is 1.07. The van der Waals surface area contributed by atoms with Crippen molar-refractivity contribution in [1.29, 1.82) is 0 Å². The van der Waals surface area contributed by atoms with Crippen LogP contribution in [0.1, 0.15) is 30.9 Å². The largest absolute Gasteiger partial charge is 0.314 e. The van der Waals surface area contributed by atoms with Crippen molar-refractivity contribution in [1.82, 2.24) is 5.32 Å². The molecule has 0 aliphatic rings. The average molecular weight is 332 g/mol. The van der Waals surface area contributed by atoms with Gasteiger partial charge in [0.05, 0.1) is 0 Å². The lowest BCUT2D eigenvalue weighted by molar-refractivity contribution is 0.527. The van der Waals surface area contributed by atoms with E-state index in [-0.39, 0.29) is 0 Å². The monoisotopic (exact) mass is 331 g/mol. The van der Waals surface area contributed by atoms with Crippen molar-refractivity contribution in [3.63, 3.8) is 0 Å². The molecular formula is C18H22BrN. The predicted molar refractivity (Wildman–Crippen MR) is 90.2 cm³/mol. The van der Waals surface area contributed by atoms with E-state index < -0.39 is 0 Å². The van der Waals surface area contributed by atoms with Crippen molar-refractivity contribution < 1.29 is 0 Å². The third kappa shape index (κ3) is 4.77. The van der Waals surface area contributed by atoms with Gasteiger partial charge >= 0.3 is 0 Å². The lowest BCUT2D eigenvalue weighted by Crippen LogP contribution is -2.28. The molecule has 2 rings (SSSR count). The van der Waals surface area contributed by atoms with Crippen LogP contribution in [-0.2, 0) is 6.42 Å². The third-order valence-corrected chi connectivity index (χ3v) is 3.97. The first-order valence-corrected chi connectivity index (χ1v) is 7.97. The van der Waals surface area contributed by atoms with Crippen LogP contribution in [0.4, 0.5) is 0 Å². The third-order valence-electron chi connectivity index (χ3n) is 3.44. The van der Waals surface area contributed by atoms with E-state index in [9.17, 15) is 0 Å². The molecule has 1 unspecified atom stereocenters. The molecule has 0 spiro atoms. The van der Waals surface area contributed by atoms with Crippen molar-refractivity contribution in [2.45, 2.75) is 32.2 Å². The van der Waals surface area contributed by atoms with Gasteiger partial charge in [0.2, 0.25) is 0 Å².